The molecule has 43 heavy (non-hydrogen) atoms. The van der Waals surface area contributed by atoms with Gasteiger partial charge in [-0.3, -0.25) is 0 Å². The lowest BCUT2D eigenvalue weighted by Gasteiger charge is -2.26. The molecule has 1 aliphatic rings. The molecule has 4 aromatic rings. The van der Waals surface area contributed by atoms with Crippen molar-refractivity contribution in [2.75, 3.05) is 36.4 Å². The monoisotopic (exact) mass is 621 g/mol. The van der Waals surface area contributed by atoms with Crippen LogP contribution < -0.4 is 14.8 Å². The van der Waals surface area contributed by atoms with Crippen molar-refractivity contribution in [3.63, 3.8) is 0 Å². The van der Waals surface area contributed by atoms with Crippen molar-refractivity contribution < 1.29 is 31.4 Å². The summed E-state index contributed by atoms with van der Waals surface area (Å²) in [7, 11) is 0. The summed E-state index contributed by atoms with van der Waals surface area (Å²) >= 11 is 1.16. The fourth-order valence-electron chi connectivity index (χ4n) is 3.97. The highest BCUT2D eigenvalue weighted by Gasteiger charge is 2.48. The first-order valence-corrected chi connectivity index (χ1v) is 14.1. The first-order chi connectivity index (χ1) is 20.4. The van der Waals surface area contributed by atoms with E-state index in [1.54, 1.807) is 18.2 Å². The number of hydrogen-bond donors (Lipinski definition) is 2. The van der Waals surface area contributed by atoms with Gasteiger partial charge in [0.05, 0.1) is 11.6 Å². The minimum absolute atomic E-state index is 0.0545. The molecule has 0 atom stereocenters. The van der Waals surface area contributed by atoms with E-state index in [2.05, 4.69) is 30.1 Å². The number of fused-ring (bicyclic) bond motifs is 6. The van der Waals surface area contributed by atoms with Crippen LogP contribution in [0.15, 0.2) is 66.0 Å². The van der Waals surface area contributed by atoms with E-state index < -0.39 is 30.7 Å². The molecule has 0 aliphatic carbocycles. The van der Waals surface area contributed by atoms with E-state index in [1.807, 2.05) is 6.07 Å². The van der Waals surface area contributed by atoms with Gasteiger partial charge in [0.25, 0.3) is 5.92 Å². The predicted octanol–water partition coefficient (Wildman–Crippen LogP) is 6.73. The number of benzene rings is 1. The molecule has 9 nitrogen and oxygen atoms in total. The molecule has 0 radical (unpaired) electrons. The van der Waals surface area contributed by atoms with Crippen molar-refractivity contribution in [3.8, 4) is 23.0 Å². The number of halogens is 5. The number of alkyl halides is 5. The lowest BCUT2D eigenvalue weighted by Crippen LogP contribution is -2.37. The van der Waals surface area contributed by atoms with Gasteiger partial charge >= 0.3 is 6.18 Å². The van der Waals surface area contributed by atoms with E-state index in [1.165, 1.54) is 41.3 Å². The van der Waals surface area contributed by atoms with Gasteiger partial charge in [-0.15, -0.1) is 5.10 Å². The minimum Gasteiger partial charge on any atom is -0.476 e. The van der Waals surface area contributed by atoms with Gasteiger partial charge in [-0.25, -0.2) is 19.6 Å². The maximum atomic E-state index is 15.6. The van der Waals surface area contributed by atoms with Crippen LogP contribution in [0.25, 0.3) is 17.1 Å². The fraction of sp³-hybridized carbons (Fsp3) is 0.357. The highest BCUT2D eigenvalue weighted by atomic mass is 32.2. The van der Waals surface area contributed by atoms with Gasteiger partial charge in [-0.05, 0) is 32.4 Å². The quantitative estimate of drug-likeness (QED) is 0.190. The Morgan fingerprint density at radius 2 is 1.86 bits per heavy atom. The number of nitrogens with one attached hydrogen (secondary N) is 2. The molecule has 228 valence electrons. The second-order valence-corrected chi connectivity index (χ2v) is 11.2. The van der Waals surface area contributed by atoms with Gasteiger partial charge in [0, 0.05) is 48.5 Å². The van der Waals surface area contributed by atoms with E-state index in [4.69, 9.17) is 9.47 Å². The Hall–Kier alpha value is -3.98. The summed E-state index contributed by atoms with van der Waals surface area (Å²) in [4.78, 5) is 13.6. The van der Waals surface area contributed by atoms with Gasteiger partial charge in [0.1, 0.15) is 29.8 Å². The zero-order chi connectivity index (χ0) is 30.7. The van der Waals surface area contributed by atoms with Crippen molar-refractivity contribution in [2.24, 2.45) is 5.41 Å². The second kappa shape index (κ2) is 12.3. The van der Waals surface area contributed by atoms with Gasteiger partial charge in [0.2, 0.25) is 5.88 Å². The van der Waals surface area contributed by atoms with Crippen molar-refractivity contribution in [1.29, 1.82) is 0 Å². The summed E-state index contributed by atoms with van der Waals surface area (Å²) in [6.07, 6.45) is -1.21. The van der Waals surface area contributed by atoms with Crippen molar-refractivity contribution >= 4 is 23.6 Å². The molecule has 0 saturated heterocycles. The third-order valence-electron chi connectivity index (χ3n) is 6.50. The van der Waals surface area contributed by atoms with Crippen molar-refractivity contribution in [3.05, 3.63) is 66.5 Å². The summed E-state index contributed by atoms with van der Waals surface area (Å²) in [5, 5.41) is 7.99. The molecule has 15 heteroatoms. The number of pyridine rings is 1. The molecular weight excluding hydrogens is 593 g/mol. The summed E-state index contributed by atoms with van der Waals surface area (Å²) < 4.78 is 86.0. The Morgan fingerprint density at radius 1 is 1.05 bits per heavy atom. The molecule has 0 unspecified atom stereocenters. The van der Waals surface area contributed by atoms with E-state index in [-0.39, 0.29) is 40.9 Å². The third kappa shape index (κ3) is 7.16. The summed E-state index contributed by atoms with van der Waals surface area (Å²) in [6, 6.07) is 12.6. The van der Waals surface area contributed by atoms with Crippen LogP contribution in [-0.4, -0.2) is 57.3 Å². The van der Waals surface area contributed by atoms with Crippen LogP contribution >= 0.6 is 11.9 Å². The molecule has 0 fully saturated rings. The topological polar surface area (TPSA) is 99.0 Å². The number of ether oxygens (including phenoxy) is 2. The SMILES string of the molecule is CC(C)(COc1ccn(-c2ncc3nc2-c2ccccc2C(F)(F)COCCCNc2cccc(n2)SN3)n1)C(F)(F)F. The molecule has 5 rings (SSSR count). The van der Waals surface area contributed by atoms with Crippen LogP contribution in [0, 0.1) is 5.41 Å². The Labute approximate surface area is 248 Å². The predicted molar refractivity (Wildman–Crippen MR) is 151 cm³/mol. The molecule has 1 aromatic carbocycles. The van der Waals surface area contributed by atoms with Gasteiger partial charge in [-0.2, -0.15) is 22.0 Å². The molecule has 2 N–H and O–H groups in total. The number of hydrogen-bond acceptors (Lipinski definition) is 9. The fourth-order valence-corrected chi connectivity index (χ4v) is 4.57. The average molecular weight is 622 g/mol. The van der Waals surface area contributed by atoms with E-state index in [0.717, 1.165) is 25.8 Å². The van der Waals surface area contributed by atoms with Crippen LogP contribution in [0.1, 0.15) is 25.8 Å². The van der Waals surface area contributed by atoms with Crippen LogP contribution in [-0.2, 0) is 10.7 Å². The van der Waals surface area contributed by atoms with Crippen LogP contribution in [0.3, 0.4) is 0 Å². The molecule has 4 bridgehead atoms. The Morgan fingerprint density at radius 3 is 2.67 bits per heavy atom. The Balaban J connectivity index is 1.54. The Kier molecular flexibility index (Phi) is 8.74. The first kappa shape index (κ1) is 30.5. The van der Waals surface area contributed by atoms with Crippen molar-refractivity contribution in [2.45, 2.75) is 37.4 Å². The lowest BCUT2D eigenvalue weighted by molar-refractivity contribution is -0.219. The molecule has 4 heterocycles. The molecule has 0 amide bonds. The zero-order valence-corrected chi connectivity index (χ0v) is 24.0. The van der Waals surface area contributed by atoms with Gasteiger partial charge in [-0.1, -0.05) is 30.3 Å². The standard InChI is InChI=1S/C28H28F5N7O2S/c1-26(2,28(31,32)33)16-42-22-11-13-40(38-22)25-24-18-7-3-4-8-19(18)27(29,30)17-41-14-6-12-34-20-9-5-10-23(36-20)43-39-21(37-24)15-35-25/h3-5,7-11,13,15H,6,12,14,16-17H2,1-2H3,(H,34,36)(H,37,39). The molecule has 1 aliphatic heterocycles. The minimum atomic E-state index is -4.49. The largest absolute Gasteiger partial charge is 0.476 e. The van der Waals surface area contributed by atoms with Crippen molar-refractivity contribution in [1.82, 2.24) is 24.7 Å². The molecular formula is C28H28F5N7O2S. The highest BCUT2D eigenvalue weighted by Crippen LogP contribution is 2.39. The van der Waals surface area contributed by atoms with Crippen LogP contribution in [0.5, 0.6) is 5.88 Å². The van der Waals surface area contributed by atoms with E-state index in [0.29, 0.717) is 23.8 Å². The second-order valence-electron chi connectivity index (χ2n) is 10.3. The van der Waals surface area contributed by atoms with E-state index in [9.17, 15) is 13.2 Å². The lowest BCUT2D eigenvalue weighted by atomic mass is 9.94. The first-order valence-electron chi connectivity index (χ1n) is 13.2. The van der Waals surface area contributed by atoms with Crippen LogP contribution in [0.2, 0.25) is 0 Å². The maximum absolute atomic E-state index is 15.6. The summed E-state index contributed by atoms with van der Waals surface area (Å²) in [6.45, 7) is 1.09. The molecule has 0 saturated carbocycles. The highest BCUT2D eigenvalue weighted by molar-refractivity contribution is 8.00. The number of nitrogens with zero attached hydrogens (tertiary/aromatic N) is 5. The molecule has 3 aromatic heterocycles. The Bertz CT molecular complexity index is 1560. The number of anilines is 2. The normalized spacial score (nSPS) is 15.9. The summed E-state index contributed by atoms with van der Waals surface area (Å²) in [5.41, 5.74) is -2.32. The van der Waals surface area contributed by atoms with E-state index >= 15 is 8.78 Å². The zero-order valence-electron chi connectivity index (χ0n) is 23.2. The number of rotatable bonds is 4. The third-order valence-corrected chi connectivity index (χ3v) is 7.25. The van der Waals surface area contributed by atoms with Crippen LogP contribution in [0.4, 0.5) is 33.6 Å². The maximum Gasteiger partial charge on any atom is 0.397 e. The smallest absolute Gasteiger partial charge is 0.397 e. The number of aromatic nitrogens is 5. The average Bonchev–Trinajstić information content (AvgIpc) is 3.45. The summed E-state index contributed by atoms with van der Waals surface area (Å²) in [5.74, 6) is -2.55. The van der Waals surface area contributed by atoms with Gasteiger partial charge < -0.3 is 19.5 Å². The molecule has 0 spiro atoms. The van der Waals surface area contributed by atoms with Gasteiger partial charge in [0.15, 0.2) is 11.6 Å².